The van der Waals surface area contributed by atoms with E-state index < -0.39 is 0 Å². The number of likely N-dealkylation sites (tertiary alicyclic amines) is 1. The molecule has 136 valence electrons. The Morgan fingerprint density at radius 2 is 2.16 bits per heavy atom. The number of nitrogens with one attached hydrogen (secondary N) is 1. The molecule has 0 aliphatic carbocycles. The van der Waals surface area contributed by atoms with Gasteiger partial charge in [-0.1, -0.05) is 30.3 Å². The maximum atomic E-state index is 4.51. The highest BCUT2D eigenvalue weighted by atomic mass is 127. The molecule has 2 aromatic rings. The number of benzene rings is 1. The lowest BCUT2D eigenvalue weighted by molar-refractivity contribution is 0.460. The molecule has 0 radical (unpaired) electrons. The Hall–Kier alpha value is -1.15. The highest BCUT2D eigenvalue weighted by molar-refractivity contribution is 14.0. The van der Waals surface area contributed by atoms with Crippen LogP contribution in [-0.2, 0) is 12.8 Å². The molecule has 4 nitrogen and oxygen atoms in total. The summed E-state index contributed by atoms with van der Waals surface area (Å²) < 4.78 is 0. The molecule has 1 aromatic carbocycles. The van der Waals surface area contributed by atoms with Crippen LogP contribution in [-0.4, -0.2) is 42.5 Å². The highest BCUT2D eigenvalue weighted by Crippen LogP contribution is 2.20. The molecule has 1 aliphatic rings. The number of halogens is 1. The lowest BCUT2D eigenvalue weighted by Gasteiger charge is -2.21. The monoisotopic (exact) mass is 470 g/mol. The second-order valence-electron chi connectivity index (χ2n) is 6.37. The van der Waals surface area contributed by atoms with Crippen molar-refractivity contribution in [3.63, 3.8) is 0 Å². The van der Waals surface area contributed by atoms with Gasteiger partial charge in [-0.2, -0.15) is 0 Å². The van der Waals surface area contributed by atoms with Crippen molar-refractivity contribution in [3.05, 3.63) is 52.0 Å². The first-order valence-electron chi connectivity index (χ1n) is 8.65. The van der Waals surface area contributed by atoms with E-state index in [4.69, 9.17) is 0 Å². The van der Waals surface area contributed by atoms with Crippen LogP contribution >= 0.6 is 35.3 Å². The number of aliphatic imine (C=N–C) groups is 1. The van der Waals surface area contributed by atoms with Crippen LogP contribution in [0.2, 0.25) is 0 Å². The number of aryl methyl sites for hydroxylation is 1. The molecule has 0 amide bonds. The molecule has 1 fully saturated rings. The van der Waals surface area contributed by atoms with Gasteiger partial charge >= 0.3 is 0 Å². The fraction of sp³-hybridized carbons (Fsp3) is 0.474. The zero-order valence-electron chi connectivity index (χ0n) is 14.9. The maximum absolute atomic E-state index is 4.51. The first-order valence-corrected chi connectivity index (χ1v) is 9.53. The topological polar surface area (TPSA) is 40.5 Å². The van der Waals surface area contributed by atoms with E-state index in [0.717, 1.165) is 43.4 Å². The molecule has 6 heteroatoms. The molecule has 1 unspecified atom stereocenters. The second-order valence-corrected chi connectivity index (χ2v) is 7.43. The predicted octanol–water partition coefficient (Wildman–Crippen LogP) is 3.75. The molecule has 25 heavy (non-hydrogen) atoms. The maximum Gasteiger partial charge on any atom is 0.193 e. The molecule has 1 N–H and O–H groups in total. The summed E-state index contributed by atoms with van der Waals surface area (Å²) in [6.45, 7) is 5.12. The summed E-state index contributed by atoms with van der Waals surface area (Å²) >= 11 is 1.72. The molecule has 1 saturated heterocycles. The third-order valence-corrected chi connectivity index (χ3v) is 5.32. The van der Waals surface area contributed by atoms with Crippen molar-refractivity contribution >= 4 is 41.3 Å². The Labute approximate surface area is 171 Å². The summed E-state index contributed by atoms with van der Waals surface area (Å²) in [5, 5.41) is 6.78. The summed E-state index contributed by atoms with van der Waals surface area (Å²) in [7, 11) is 1.87. The number of guanidine groups is 1. The lowest BCUT2D eigenvalue weighted by Crippen LogP contribution is -2.41. The van der Waals surface area contributed by atoms with Crippen LogP contribution in [0.3, 0.4) is 0 Å². The van der Waals surface area contributed by atoms with Crippen molar-refractivity contribution < 1.29 is 0 Å². The molecule has 0 bridgehead atoms. The minimum atomic E-state index is 0. The molecule has 2 heterocycles. The number of aromatic nitrogens is 1. The van der Waals surface area contributed by atoms with Gasteiger partial charge in [-0.3, -0.25) is 4.99 Å². The molecule has 1 aromatic heterocycles. The van der Waals surface area contributed by atoms with Gasteiger partial charge in [0.15, 0.2) is 5.96 Å². The Morgan fingerprint density at radius 1 is 1.36 bits per heavy atom. The molecule has 0 saturated carbocycles. The van der Waals surface area contributed by atoms with Gasteiger partial charge in [0, 0.05) is 38.5 Å². The minimum Gasteiger partial charge on any atom is -0.356 e. The van der Waals surface area contributed by atoms with Gasteiger partial charge < -0.3 is 10.2 Å². The fourth-order valence-electron chi connectivity index (χ4n) is 3.30. The Bertz CT molecular complexity index is 671. The number of thiazole rings is 1. The highest BCUT2D eigenvalue weighted by Gasteiger charge is 2.24. The van der Waals surface area contributed by atoms with E-state index >= 15 is 0 Å². The number of hydrogen-bond acceptors (Lipinski definition) is 3. The van der Waals surface area contributed by atoms with Gasteiger partial charge in [0.1, 0.15) is 0 Å². The first-order chi connectivity index (χ1) is 11.7. The van der Waals surface area contributed by atoms with Crippen LogP contribution in [0.1, 0.15) is 22.7 Å². The molecule has 1 atom stereocenters. The molecular weight excluding hydrogens is 443 g/mol. The largest absolute Gasteiger partial charge is 0.356 e. The second kappa shape index (κ2) is 10.1. The minimum absolute atomic E-state index is 0. The predicted molar refractivity (Wildman–Crippen MR) is 117 cm³/mol. The number of rotatable bonds is 5. The summed E-state index contributed by atoms with van der Waals surface area (Å²) in [6, 6.07) is 10.8. The van der Waals surface area contributed by atoms with E-state index in [-0.39, 0.29) is 24.0 Å². The summed E-state index contributed by atoms with van der Waals surface area (Å²) in [5.41, 5.74) is 2.61. The van der Waals surface area contributed by atoms with Crippen molar-refractivity contribution in [2.24, 2.45) is 10.9 Å². The lowest BCUT2D eigenvalue weighted by atomic mass is 9.99. The van der Waals surface area contributed by atoms with E-state index in [9.17, 15) is 0 Å². The standard InChI is InChI=1S/C19H26N4S.HI/c1-15-22-18(14-24-15)8-10-21-19(20-2)23-11-9-17(13-23)12-16-6-4-3-5-7-16;/h3-7,14,17H,8-13H2,1-2H3,(H,20,21);1H. The van der Waals surface area contributed by atoms with Crippen molar-refractivity contribution in [2.45, 2.75) is 26.2 Å². The Kier molecular flexibility index (Phi) is 8.15. The van der Waals surface area contributed by atoms with Crippen LogP contribution in [0.5, 0.6) is 0 Å². The zero-order chi connectivity index (χ0) is 16.8. The third kappa shape index (κ3) is 5.95. The van der Waals surface area contributed by atoms with Crippen LogP contribution in [0.15, 0.2) is 40.7 Å². The zero-order valence-corrected chi connectivity index (χ0v) is 18.1. The average molecular weight is 470 g/mol. The van der Waals surface area contributed by atoms with E-state index in [1.165, 1.54) is 17.7 Å². The van der Waals surface area contributed by atoms with Crippen molar-refractivity contribution in [2.75, 3.05) is 26.7 Å². The van der Waals surface area contributed by atoms with Crippen molar-refractivity contribution in [1.29, 1.82) is 0 Å². The Balaban J connectivity index is 0.00000225. The molecule has 3 rings (SSSR count). The van der Waals surface area contributed by atoms with Crippen molar-refractivity contribution in [3.8, 4) is 0 Å². The van der Waals surface area contributed by atoms with Gasteiger partial charge in [0.25, 0.3) is 0 Å². The van der Waals surface area contributed by atoms with Crippen LogP contribution in [0.25, 0.3) is 0 Å². The quantitative estimate of drug-likeness (QED) is 0.411. The number of hydrogen-bond donors (Lipinski definition) is 1. The van der Waals surface area contributed by atoms with Gasteiger partial charge in [-0.05, 0) is 31.2 Å². The van der Waals surface area contributed by atoms with Gasteiger partial charge in [-0.25, -0.2) is 4.98 Å². The van der Waals surface area contributed by atoms with E-state index in [1.807, 2.05) is 7.05 Å². The van der Waals surface area contributed by atoms with Crippen LogP contribution < -0.4 is 5.32 Å². The molecular formula is C19H27IN4S. The molecule has 1 aliphatic heterocycles. The number of nitrogens with zero attached hydrogens (tertiary/aromatic N) is 3. The van der Waals surface area contributed by atoms with E-state index in [0.29, 0.717) is 5.92 Å². The first kappa shape index (κ1) is 20.2. The van der Waals surface area contributed by atoms with Crippen molar-refractivity contribution in [1.82, 2.24) is 15.2 Å². The third-order valence-electron chi connectivity index (χ3n) is 4.50. The average Bonchev–Trinajstić information content (AvgIpc) is 3.22. The van der Waals surface area contributed by atoms with Gasteiger partial charge in [0.05, 0.1) is 10.7 Å². The molecule has 0 spiro atoms. The summed E-state index contributed by atoms with van der Waals surface area (Å²) in [5.74, 6) is 1.74. The SMILES string of the molecule is CN=C(NCCc1csc(C)n1)N1CCC(Cc2ccccc2)C1.I. The normalized spacial score (nSPS) is 17.4. The smallest absolute Gasteiger partial charge is 0.193 e. The van der Waals surface area contributed by atoms with E-state index in [1.54, 1.807) is 11.3 Å². The summed E-state index contributed by atoms with van der Waals surface area (Å²) in [4.78, 5) is 11.4. The fourth-order valence-corrected chi connectivity index (χ4v) is 3.94. The van der Waals surface area contributed by atoms with Crippen LogP contribution in [0.4, 0.5) is 0 Å². The van der Waals surface area contributed by atoms with Gasteiger partial charge in [0.2, 0.25) is 0 Å². The van der Waals surface area contributed by atoms with Gasteiger partial charge in [-0.15, -0.1) is 35.3 Å². The summed E-state index contributed by atoms with van der Waals surface area (Å²) in [6.07, 6.45) is 3.35. The Morgan fingerprint density at radius 3 is 2.84 bits per heavy atom. The van der Waals surface area contributed by atoms with E-state index in [2.05, 4.69) is 62.8 Å². The van der Waals surface area contributed by atoms with Crippen LogP contribution in [0, 0.1) is 12.8 Å².